The van der Waals surface area contributed by atoms with Crippen LogP contribution < -0.4 is 10.9 Å². The van der Waals surface area contributed by atoms with E-state index >= 15 is 0 Å². The van der Waals surface area contributed by atoms with Gasteiger partial charge in [0, 0.05) is 29.6 Å². The molecule has 0 unspecified atom stereocenters. The van der Waals surface area contributed by atoms with E-state index < -0.39 is 11.6 Å². The molecule has 0 aliphatic heterocycles. The molecular formula is C26H25F2N3OS. The molecule has 4 aromatic rings. The van der Waals surface area contributed by atoms with Crippen molar-refractivity contribution >= 4 is 21.6 Å². The number of hydrogen-bond donors (Lipinski definition) is 1. The summed E-state index contributed by atoms with van der Waals surface area (Å²) >= 11 is 1.58. The largest absolute Gasteiger partial charge is 0.309 e. The third-order valence-corrected chi connectivity index (χ3v) is 7.49. The van der Waals surface area contributed by atoms with E-state index in [1.165, 1.54) is 16.5 Å². The average molecular weight is 466 g/mol. The minimum atomic E-state index is -0.435. The first-order chi connectivity index (χ1) is 16.1. The van der Waals surface area contributed by atoms with E-state index in [0.717, 1.165) is 60.0 Å². The van der Waals surface area contributed by atoms with E-state index in [2.05, 4.69) is 22.4 Å². The van der Waals surface area contributed by atoms with Crippen molar-refractivity contribution in [3.8, 4) is 0 Å². The van der Waals surface area contributed by atoms with Gasteiger partial charge in [-0.05, 0) is 61.4 Å². The molecule has 2 aromatic heterocycles. The van der Waals surface area contributed by atoms with Gasteiger partial charge in [0.05, 0.1) is 11.7 Å². The van der Waals surface area contributed by atoms with Crippen LogP contribution in [0.2, 0.25) is 0 Å². The second-order valence-electron chi connectivity index (χ2n) is 8.57. The van der Waals surface area contributed by atoms with Crippen LogP contribution in [-0.4, -0.2) is 15.6 Å². The fourth-order valence-corrected chi connectivity index (χ4v) is 5.82. The highest BCUT2D eigenvalue weighted by molar-refractivity contribution is 7.18. The molecule has 0 amide bonds. The predicted molar refractivity (Wildman–Crippen MR) is 128 cm³/mol. The minimum absolute atomic E-state index is 0.0406. The fourth-order valence-electron chi connectivity index (χ4n) is 4.57. The normalized spacial score (nSPS) is 15.6. The summed E-state index contributed by atoms with van der Waals surface area (Å²) in [7, 11) is 0. The minimum Gasteiger partial charge on any atom is -0.309 e. The number of nitrogens with zero attached hydrogens (tertiary/aromatic N) is 2. The number of benzene rings is 2. The number of aromatic nitrogens is 2. The molecule has 33 heavy (non-hydrogen) atoms. The van der Waals surface area contributed by atoms with Crippen LogP contribution in [0.4, 0.5) is 8.78 Å². The monoisotopic (exact) mass is 465 g/mol. The van der Waals surface area contributed by atoms with E-state index in [0.29, 0.717) is 12.1 Å². The van der Waals surface area contributed by atoms with Gasteiger partial charge in [-0.1, -0.05) is 30.3 Å². The third kappa shape index (κ3) is 4.75. The summed E-state index contributed by atoms with van der Waals surface area (Å²) in [5.74, 6) is -0.839. The van der Waals surface area contributed by atoms with Crippen LogP contribution in [0.25, 0.3) is 10.2 Å². The van der Waals surface area contributed by atoms with Gasteiger partial charge in [-0.15, -0.1) is 11.3 Å². The summed E-state index contributed by atoms with van der Waals surface area (Å²) in [4.78, 5) is 19.7. The smallest absolute Gasteiger partial charge is 0.262 e. The summed E-state index contributed by atoms with van der Waals surface area (Å²) in [6, 6.07) is 14.0. The Hall–Kier alpha value is -2.90. The lowest BCUT2D eigenvalue weighted by molar-refractivity contribution is 0.454. The molecule has 0 bridgehead atoms. The predicted octanol–water partition coefficient (Wildman–Crippen LogP) is 5.02. The molecule has 0 fully saturated rings. The Morgan fingerprint density at radius 1 is 1.15 bits per heavy atom. The van der Waals surface area contributed by atoms with E-state index in [9.17, 15) is 13.6 Å². The molecule has 2 heterocycles. The van der Waals surface area contributed by atoms with Gasteiger partial charge in [0.25, 0.3) is 5.56 Å². The Balaban J connectivity index is 1.28. The molecule has 2 aromatic carbocycles. The summed E-state index contributed by atoms with van der Waals surface area (Å²) < 4.78 is 29.1. The number of hydrogen-bond acceptors (Lipinski definition) is 4. The van der Waals surface area contributed by atoms with Gasteiger partial charge in [0.2, 0.25) is 0 Å². The molecule has 7 heteroatoms. The maximum atomic E-state index is 13.9. The van der Waals surface area contributed by atoms with Crippen LogP contribution in [-0.2, 0) is 32.4 Å². The summed E-state index contributed by atoms with van der Waals surface area (Å²) in [6.07, 6.45) is 5.86. The van der Waals surface area contributed by atoms with Gasteiger partial charge >= 0.3 is 0 Å². The maximum Gasteiger partial charge on any atom is 0.262 e. The quantitative estimate of drug-likeness (QED) is 0.417. The highest BCUT2D eigenvalue weighted by Crippen LogP contribution is 2.33. The Bertz CT molecular complexity index is 1330. The molecule has 170 valence electrons. The molecule has 4 nitrogen and oxygen atoms in total. The molecule has 1 aliphatic rings. The summed E-state index contributed by atoms with van der Waals surface area (Å²) in [6.45, 7) is 0.922. The number of aryl methyl sites for hydroxylation is 3. The molecular weight excluding hydrogens is 440 g/mol. The molecule has 1 atom stereocenters. The van der Waals surface area contributed by atoms with Crippen molar-refractivity contribution in [2.24, 2.45) is 0 Å². The zero-order chi connectivity index (χ0) is 22.8. The molecule has 0 radical (unpaired) electrons. The second-order valence-corrected chi connectivity index (χ2v) is 9.66. The van der Waals surface area contributed by atoms with Crippen molar-refractivity contribution in [2.75, 3.05) is 0 Å². The van der Waals surface area contributed by atoms with Gasteiger partial charge in [-0.25, -0.2) is 13.8 Å². The second kappa shape index (κ2) is 9.53. The first-order valence-electron chi connectivity index (χ1n) is 11.3. The van der Waals surface area contributed by atoms with E-state index in [4.69, 9.17) is 0 Å². The number of thiophene rings is 1. The first kappa shape index (κ1) is 21.9. The van der Waals surface area contributed by atoms with Crippen LogP contribution in [0.1, 0.15) is 34.4 Å². The lowest BCUT2D eigenvalue weighted by Gasteiger charge is -2.23. The van der Waals surface area contributed by atoms with Gasteiger partial charge in [-0.3, -0.25) is 9.36 Å². The SMILES string of the molecule is O=c1c2c3c(sc2ncn1CCCc1ccccc1)C[C@H](NCc1cc(F)ccc1F)CC3. The molecule has 1 aliphatic carbocycles. The number of fused-ring (bicyclic) bond motifs is 3. The Morgan fingerprint density at radius 2 is 2.00 bits per heavy atom. The summed E-state index contributed by atoms with van der Waals surface area (Å²) in [5.41, 5.74) is 2.75. The number of rotatable bonds is 7. The molecule has 0 saturated heterocycles. The first-order valence-corrected chi connectivity index (χ1v) is 12.1. The standard InChI is InChI=1S/C26H25F2N3OS/c27-19-8-11-22(28)18(13-19)15-29-20-9-10-21-23(14-20)33-25-24(21)26(32)31(16-30-25)12-4-7-17-5-2-1-3-6-17/h1-3,5-6,8,11,13,16,20,29H,4,7,9-10,12,14-15H2/t20-/m1/s1. The van der Waals surface area contributed by atoms with E-state index in [1.807, 2.05) is 18.2 Å². The van der Waals surface area contributed by atoms with Crippen molar-refractivity contribution in [1.82, 2.24) is 14.9 Å². The van der Waals surface area contributed by atoms with E-state index in [1.54, 1.807) is 22.2 Å². The van der Waals surface area contributed by atoms with Crippen LogP contribution in [0.3, 0.4) is 0 Å². The fraction of sp³-hybridized carbons (Fsp3) is 0.308. The van der Waals surface area contributed by atoms with Gasteiger partial charge in [-0.2, -0.15) is 0 Å². The zero-order valence-electron chi connectivity index (χ0n) is 18.2. The molecule has 0 saturated carbocycles. The zero-order valence-corrected chi connectivity index (χ0v) is 19.0. The van der Waals surface area contributed by atoms with E-state index in [-0.39, 0.29) is 18.1 Å². The van der Waals surface area contributed by atoms with Gasteiger partial charge in [0.15, 0.2) is 0 Å². The molecule has 5 rings (SSSR count). The Morgan fingerprint density at radius 3 is 2.85 bits per heavy atom. The van der Waals surface area contributed by atoms with Crippen molar-refractivity contribution in [2.45, 2.75) is 51.2 Å². The third-order valence-electron chi connectivity index (χ3n) is 6.33. The molecule has 1 N–H and O–H groups in total. The topological polar surface area (TPSA) is 46.9 Å². The van der Waals surface area contributed by atoms with Gasteiger partial charge in [0.1, 0.15) is 16.5 Å². The van der Waals surface area contributed by atoms with Crippen molar-refractivity contribution in [1.29, 1.82) is 0 Å². The lowest BCUT2D eigenvalue weighted by atomic mass is 9.93. The Kier molecular flexibility index (Phi) is 6.33. The highest BCUT2D eigenvalue weighted by Gasteiger charge is 2.25. The van der Waals surface area contributed by atoms with Gasteiger partial charge < -0.3 is 5.32 Å². The maximum absolute atomic E-state index is 13.9. The van der Waals surface area contributed by atoms with Crippen molar-refractivity contribution in [3.63, 3.8) is 0 Å². The number of nitrogens with one attached hydrogen (secondary N) is 1. The Labute approximate surface area is 194 Å². The molecule has 0 spiro atoms. The van der Waals surface area contributed by atoms with Crippen LogP contribution in [0.5, 0.6) is 0 Å². The van der Waals surface area contributed by atoms with Crippen LogP contribution in [0.15, 0.2) is 59.7 Å². The van der Waals surface area contributed by atoms with Crippen LogP contribution in [0, 0.1) is 11.6 Å². The van der Waals surface area contributed by atoms with Crippen molar-refractivity contribution < 1.29 is 8.78 Å². The van der Waals surface area contributed by atoms with Crippen LogP contribution >= 0.6 is 11.3 Å². The highest BCUT2D eigenvalue weighted by atomic mass is 32.1. The lowest BCUT2D eigenvalue weighted by Crippen LogP contribution is -2.34. The number of halogens is 2. The summed E-state index contributed by atoms with van der Waals surface area (Å²) in [5, 5.41) is 4.11. The average Bonchev–Trinajstić information content (AvgIpc) is 3.20. The van der Waals surface area contributed by atoms with Crippen molar-refractivity contribution in [3.05, 3.63) is 98.4 Å².